The smallest absolute Gasteiger partial charge is 0.227 e. The van der Waals surface area contributed by atoms with Crippen LogP contribution in [0.5, 0.6) is 11.5 Å². The van der Waals surface area contributed by atoms with Gasteiger partial charge < -0.3 is 24.1 Å². The third-order valence-electron chi connectivity index (χ3n) is 8.31. The third-order valence-corrected chi connectivity index (χ3v) is 8.59. The Balaban J connectivity index is 1.29. The molecular formula is C34H31ClN4O5. The molecule has 0 saturated carbocycles. The van der Waals surface area contributed by atoms with Crippen LogP contribution in [0.2, 0.25) is 5.02 Å². The highest BCUT2D eigenvalue weighted by molar-refractivity contribution is 6.34. The van der Waals surface area contributed by atoms with Gasteiger partial charge in [-0.1, -0.05) is 35.9 Å². The third kappa shape index (κ3) is 4.78. The second-order valence-electron chi connectivity index (χ2n) is 11.1. The van der Waals surface area contributed by atoms with Crippen molar-refractivity contribution in [2.75, 3.05) is 27.3 Å². The van der Waals surface area contributed by atoms with Crippen LogP contribution in [0.25, 0.3) is 50.3 Å². The zero-order chi connectivity index (χ0) is 30.5. The molecule has 1 fully saturated rings. The Kier molecular flexibility index (Phi) is 7.26. The van der Waals surface area contributed by atoms with E-state index in [2.05, 4.69) is 24.0 Å². The highest BCUT2D eigenvalue weighted by Crippen LogP contribution is 2.39. The van der Waals surface area contributed by atoms with Gasteiger partial charge in [-0.05, 0) is 53.4 Å². The molecule has 44 heavy (non-hydrogen) atoms. The number of nitrogens with zero attached hydrogens (tertiary/aromatic N) is 4. The number of aromatic nitrogens is 3. The Hall–Kier alpha value is -4.41. The minimum absolute atomic E-state index is 0.128. The number of β-amino-alcohol motifs (C(OH)–C–C–N with tert-alkyl or cyclic N) is 1. The van der Waals surface area contributed by atoms with Gasteiger partial charge in [0.15, 0.2) is 5.58 Å². The van der Waals surface area contributed by atoms with Gasteiger partial charge in [-0.25, -0.2) is 9.67 Å². The van der Waals surface area contributed by atoms with E-state index in [4.69, 9.17) is 35.6 Å². The molecule has 2 N–H and O–H groups in total. The van der Waals surface area contributed by atoms with Crippen molar-refractivity contribution in [3.63, 3.8) is 0 Å². The predicted octanol–water partition coefficient (Wildman–Crippen LogP) is 6.15. The van der Waals surface area contributed by atoms with Crippen LogP contribution in [0.3, 0.4) is 0 Å². The molecule has 9 nitrogen and oxygen atoms in total. The van der Waals surface area contributed by atoms with Crippen molar-refractivity contribution in [3.05, 3.63) is 88.6 Å². The maximum absolute atomic E-state index is 9.74. The number of rotatable bonds is 8. The number of halogens is 1. The van der Waals surface area contributed by atoms with Gasteiger partial charge >= 0.3 is 0 Å². The molecule has 0 radical (unpaired) electrons. The topological polar surface area (TPSA) is 106 Å². The minimum atomic E-state index is -0.284. The molecule has 10 heteroatoms. The fourth-order valence-electron chi connectivity index (χ4n) is 6.05. The van der Waals surface area contributed by atoms with Crippen molar-refractivity contribution >= 4 is 33.6 Å². The fraction of sp³-hybridized carbons (Fsp3) is 0.235. The number of aliphatic hydroxyl groups is 2. The van der Waals surface area contributed by atoms with Crippen LogP contribution in [-0.4, -0.2) is 63.3 Å². The largest absolute Gasteiger partial charge is 0.496 e. The molecule has 6 aromatic rings. The first-order valence-electron chi connectivity index (χ1n) is 14.3. The lowest BCUT2D eigenvalue weighted by Crippen LogP contribution is -2.49. The summed E-state index contributed by atoms with van der Waals surface area (Å²) >= 11 is 6.43. The first-order valence-corrected chi connectivity index (χ1v) is 14.7. The number of aliphatic hydroxyl groups excluding tert-OH is 2. The molecule has 7 rings (SSSR count). The molecule has 0 spiro atoms. The van der Waals surface area contributed by atoms with Gasteiger partial charge in [0.25, 0.3) is 0 Å². The van der Waals surface area contributed by atoms with E-state index in [1.165, 1.54) is 0 Å². The minimum Gasteiger partial charge on any atom is -0.496 e. The summed E-state index contributed by atoms with van der Waals surface area (Å²) in [6.07, 6.45) is 1.59. The van der Waals surface area contributed by atoms with Crippen molar-refractivity contribution in [1.82, 2.24) is 19.7 Å². The van der Waals surface area contributed by atoms with Gasteiger partial charge in [0, 0.05) is 42.7 Å². The molecule has 1 aliphatic rings. The van der Waals surface area contributed by atoms with E-state index in [0.29, 0.717) is 58.7 Å². The lowest BCUT2D eigenvalue weighted by atomic mass is 9.94. The van der Waals surface area contributed by atoms with Crippen LogP contribution >= 0.6 is 11.6 Å². The van der Waals surface area contributed by atoms with Crippen LogP contribution in [0, 0.1) is 6.92 Å². The zero-order valence-corrected chi connectivity index (χ0v) is 25.3. The molecule has 0 aliphatic carbocycles. The van der Waals surface area contributed by atoms with Crippen LogP contribution < -0.4 is 9.47 Å². The average Bonchev–Trinajstić information content (AvgIpc) is 3.65. The molecule has 0 atom stereocenters. The number of fused-ring (bicyclic) bond motifs is 2. The van der Waals surface area contributed by atoms with Crippen molar-refractivity contribution in [2.45, 2.75) is 26.2 Å². The number of hydrogen-bond acceptors (Lipinski definition) is 8. The summed E-state index contributed by atoms with van der Waals surface area (Å²) in [6.45, 7) is 3.81. The van der Waals surface area contributed by atoms with Crippen LogP contribution in [0.1, 0.15) is 16.7 Å². The molecule has 1 saturated heterocycles. The number of ether oxygens (including phenoxy) is 2. The molecule has 0 unspecified atom stereocenters. The van der Waals surface area contributed by atoms with Crippen molar-refractivity contribution in [2.24, 2.45) is 0 Å². The standard InChI is InChI=1S/C34H31ClN4O5/c1-19-23(6-4-7-24(19)34-37-29-11-20(18-40)10-28(35)33(29)44-34)25-8-5-9-30-26(25)14-36-39(30)21-12-31(42-2)27(32(13-21)43-3)17-38-15-22(41)16-38/h4-14,22,40-41H,15-18H2,1-3H3. The van der Waals surface area contributed by atoms with Crippen molar-refractivity contribution in [3.8, 4) is 39.8 Å². The molecule has 0 bridgehead atoms. The summed E-state index contributed by atoms with van der Waals surface area (Å²) in [6, 6.07) is 19.6. The summed E-state index contributed by atoms with van der Waals surface area (Å²) < 4.78 is 19.6. The SMILES string of the molecule is COc1cc(-n2ncc3c(-c4cccc(-c5nc6cc(CO)cc(Cl)c6o5)c4C)cccc32)cc(OC)c1CN1CC(O)C1. The van der Waals surface area contributed by atoms with Gasteiger partial charge in [0.1, 0.15) is 17.0 Å². The number of oxazole rings is 1. The lowest BCUT2D eigenvalue weighted by Gasteiger charge is -2.36. The molecule has 2 aromatic heterocycles. The Labute approximate surface area is 258 Å². The Morgan fingerprint density at radius 1 is 0.977 bits per heavy atom. The number of hydrogen-bond donors (Lipinski definition) is 2. The summed E-state index contributed by atoms with van der Waals surface area (Å²) in [5.74, 6) is 1.87. The van der Waals surface area contributed by atoms with E-state index in [0.717, 1.165) is 44.4 Å². The Morgan fingerprint density at radius 2 is 1.68 bits per heavy atom. The van der Waals surface area contributed by atoms with E-state index < -0.39 is 0 Å². The Morgan fingerprint density at radius 3 is 2.39 bits per heavy atom. The average molecular weight is 611 g/mol. The monoisotopic (exact) mass is 610 g/mol. The van der Waals surface area contributed by atoms with Crippen LogP contribution in [0.15, 0.2) is 71.3 Å². The van der Waals surface area contributed by atoms with E-state index >= 15 is 0 Å². The fourth-order valence-corrected chi connectivity index (χ4v) is 6.32. The number of likely N-dealkylation sites (tertiary alicyclic amines) is 1. The molecule has 0 amide bonds. The highest BCUT2D eigenvalue weighted by atomic mass is 35.5. The number of benzene rings is 4. The van der Waals surface area contributed by atoms with Gasteiger partial charge in [0.05, 0.1) is 54.9 Å². The maximum atomic E-state index is 9.74. The van der Waals surface area contributed by atoms with Gasteiger partial charge in [-0.3, -0.25) is 4.90 Å². The second-order valence-corrected chi connectivity index (χ2v) is 11.5. The summed E-state index contributed by atoms with van der Waals surface area (Å²) in [5.41, 5.74) is 8.35. The van der Waals surface area contributed by atoms with E-state index in [-0.39, 0.29) is 12.7 Å². The molecule has 224 valence electrons. The van der Waals surface area contributed by atoms with Crippen LogP contribution in [0.4, 0.5) is 0 Å². The van der Waals surface area contributed by atoms with Crippen molar-refractivity contribution in [1.29, 1.82) is 0 Å². The van der Waals surface area contributed by atoms with Gasteiger partial charge in [-0.2, -0.15) is 5.10 Å². The number of methoxy groups -OCH3 is 2. The van der Waals surface area contributed by atoms with Gasteiger partial charge in [0.2, 0.25) is 5.89 Å². The molecule has 3 heterocycles. The highest BCUT2D eigenvalue weighted by Gasteiger charge is 2.27. The van der Waals surface area contributed by atoms with Gasteiger partial charge in [-0.15, -0.1) is 0 Å². The second kappa shape index (κ2) is 11.3. The molecular weight excluding hydrogens is 580 g/mol. The summed E-state index contributed by atoms with van der Waals surface area (Å²) in [7, 11) is 3.30. The van der Waals surface area contributed by atoms with E-state index in [1.807, 2.05) is 47.3 Å². The van der Waals surface area contributed by atoms with Crippen molar-refractivity contribution < 1.29 is 24.1 Å². The normalized spacial score (nSPS) is 14.0. The maximum Gasteiger partial charge on any atom is 0.227 e. The quantitative estimate of drug-likeness (QED) is 0.211. The first-order chi connectivity index (χ1) is 21.4. The van der Waals surface area contributed by atoms with Crippen LogP contribution in [-0.2, 0) is 13.2 Å². The lowest BCUT2D eigenvalue weighted by molar-refractivity contribution is -0.00358. The Bertz CT molecular complexity index is 2000. The van der Waals surface area contributed by atoms with E-state index in [9.17, 15) is 10.2 Å². The molecule has 1 aliphatic heterocycles. The summed E-state index contributed by atoms with van der Waals surface area (Å²) in [5, 5.41) is 25.5. The summed E-state index contributed by atoms with van der Waals surface area (Å²) in [4.78, 5) is 6.86. The molecule has 4 aromatic carbocycles. The first kappa shape index (κ1) is 28.4. The van der Waals surface area contributed by atoms with E-state index in [1.54, 1.807) is 26.4 Å². The zero-order valence-electron chi connectivity index (χ0n) is 24.5. The predicted molar refractivity (Wildman–Crippen MR) is 170 cm³/mol.